The van der Waals surface area contributed by atoms with Crippen LogP contribution < -0.4 is 14.9 Å². The number of anilines is 1. The Kier molecular flexibility index (Phi) is 6.18. The molecule has 0 unspecified atom stereocenters. The molecular formula is C20H16N4O6. The van der Waals surface area contributed by atoms with Gasteiger partial charge in [0.2, 0.25) is 5.75 Å². The summed E-state index contributed by atoms with van der Waals surface area (Å²) in [6, 6.07) is 17.4. The first-order chi connectivity index (χ1) is 14.5. The van der Waals surface area contributed by atoms with Gasteiger partial charge in [-0.1, -0.05) is 18.2 Å². The van der Waals surface area contributed by atoms with E-state index in [1.54, 1.807) is 24.4 Å². The zero-order valence-electron chi connectivity index (χ0n) is 15.7. The highest BCUT2D eigenvalue weighted by atomic mass is 16.6. The quantitative estimate of drug-likeness (QED) is 0.323. The van der Waals surface area contributed by atoms with Crippen molar-refractivity contribution < 1.29 is 19.3 Å². The van der Waals surface area contributed by atoms with Crippen LogP contribution in [-0.2, 0) is 0 Å². The molecule has 3 aromatic rings. The summed E-state index contributed by atoms with van der Waals surface area (Å²) in [5.41, 5.74) is 3.48. The highest BCUT2D eigenvalue weighted by molar-refractivity contribution is 5.81. The van der Waals surface area contributed by atoms with Gasteiger partial charge in [0, 0.05) is 6.07 Å². The van der Waals surface area contributed by atoms with Gasteiger partial charge in [0.25, 0.3) is 5.69 Å². The van der Waals surface area contributed by atoms with Crippen LogP contribution in [0.15, 0.2) is 71.8 Å². The zero-order valence-corrected chi connectivity index (χ0v) is 15.7. The molecular weight excluding hydrogens is 392 g/mol. The first kappa shape index (κ1) is 20.3. The average molecular weight is 408 g/mol. The molecule has 0 aliphatic rings. The number of nitrogens with one attached hydrogen (secondary N) is 1. The highest BCUT2D eigenvalue weighted by Gasteiger charge is 2.22. The van der Waals surface area contributed by atoms with Crippen molar-refractivity contribution in [3.8, 4) is 17.2 Å². The van der Waals surface area contributed by atoms with Crippen molar-refractivity contribution in [2.75, 3.05) is 12.5 Å². The molecule has 0 bridgehead atoms. The lowest BCUT2D eigenvalue weighted by atomic mass is 10.2. The largest absolute Gasteiger partial charge is 0.493 e. The van der Waals surface area contributed by atoms with Crippen LogP contribution in [0.3, 0.4) is 0 Å². The van der Waals surface area contributed by atoms with Gasteiger partial charge in [-0.2, -0.15) is 5.10 Å². The molecule has 0 radical (unpaired) electrons. The minimum atomic E-state index is -0.745. The summed E-state index contributed by atoms with van der Waals surface area (Å²) in [7, 11) is 1.43. The Labute approximate surface area is 170 Å². The molecule has 0 fully saturated rings. The number of non-ortho nitro benzene ring substituents is 1. The van der Waals surface area contributed by atoms with Crippen molar-refractivity contribution in [2.24, 2.45) is 5.10 Å². The molecule has 0 spiro atoms. The monoisotopic (exact) mass is 408 g/mol. The summed E-state index contributed by atoms with van der Waals surface area (Å²) >= 11 is 0. The van der Waals surface area contributed by atoms with E-state index >= 15 is 0 Å². The molecule has 10 heteroatoms. The SMILES string of the molecule is COc1cc(C=NNc2ccccc2)ccc1Oc1ccc([N+](=O)[O-])cc1[N+](=O)[O-]. The Hall–Kier alpha value is -4.47. The molecule has 10 nitrogen and oxygen atoms in total. The molecule has 0 aromatic heterocycles. The second kappa shape index (κ2) is 9.15. The third-order valence-corrected chi connectivity index (χ3v) is 3.94. The van der Waals surface area contributed by atoms with E-state index in [-0.39, 0.29) is 11.5 Å². The standard InChI is InChI=1S/C20H16N4O6/c1-29-20-11-14(13-21-22-15-5-3-2-4-6-15)7-9-19(20)30-18-10-8-16(23(25)26)12-17(18)24(27)28/h2-13,22H,1H3. The minimum Gasteiger partial charge on any atom is -0.493 e. The van der Waals surface area contributed by atoms with Gasteiger partial charge in [-0.05, 0) is 42.0 Å². The molecule has 0 aliphatic heterocycles. The number of para-hydroxylation sites is 1. The van der Waals surface area contributed by atoms with Crippen molar-refractivity contribution in [2.45, 2.75) is 0 Å². The Morgan fingerprint density at radius 3 is 2.30 bits per heavy atom. The molecule has 0 atom stereocenters. The van der Waals surface area contributed by atoms with Crippen LogP contribution >= 0.6 is 0 Å². The van der Waals surface area contributed by atoms with E-state index in [1.807, 2.05) is 30.3 Å². The third kappa shape index (κ3) is 4.87. The topological polar surface area (TPSA) is 129 Å². The fourth-order valence-corrected chi connectivity index (χ4v) is 2.51. The molecule has 0 saturated carbocycles. The average Bonchev–Trinajstić information content (AvgIpc) is 2.75. The Morgan fingerprint density at radius 2 is 1.63 bits per heavy atom. The van der Waals surface area contributed by atoms with Crippen LogP contribution in [0.4, 0.5) is 17.1 Å². The van der Waals surface area contributed by atoms with E-state index in [1.165, 1.54) is 13.2 Å². The van der Waals surface area contributed by atoms with E-state index < -0.39 is 21.2 Å². The maximum absolute atomic E-state index is 11.3. The molecule has 1 N–H and O–H groups in total. The molecule has 3 rings (SSSR count). The van der Waals surface area contributed by atoms with Crippen LogP contribution in [0.25, 0.3) is 0 Å². The zero-order chi connectivity index (χ0) is 21.5. The molecule has 30 heavy (non-hydrogen) atoms. The van der Waals surface area contributed by atoms with Gasteiger partial charge in [-0.15, -0.1) is 0 Å². The molecule has 0 saturated heterocycles. The Morgan fingerprint density at radius 1 is 0.900 bits per heavy atom. The fraction of sp³-hybridized carbons (Fsp3) is 0.0500. The van der Waals surface area contributed by atoms with Crippen LogP contribution in [0.1, 0.15) is 5.56 Å². The normalized spacial score (nSPS) is 10.6. The van der Waals surface area contributed by atoms with E-state index in [0.29, 0.717) is 11.3 Å². The van der Waals surface area contributed by atoms with E-state index in [2.05, 4.69) is 10.5 Å². The number of rotatable bonds is 8. The van der Waals surface area contributed by atoms with Crippen LogP contribution in [-0.4, -0.2) is 23.2 Å². The fourth-order valence-electron chi connectivity index (χ4n) is 2.51. The lowest BCUT2D eigenvalue weighted by Gasteiger charge is -2.11. The van der Waals surface area contributed by atoms with Crippen molar-refractivity contribution in [3.05, 3.63) is 92.5 Å². The maximum Gasteiger partial charge on any atom is 0.318 e. The smallest absolute Gasteiger partial charge is 0.318 e. The summed E-state index contributed by atoms with van der Waals surface area (Å²) in [5, 5.41) is 26.3. The Bertz CT molecular complexity index is 1100. The first-order valence-corrected chi connectivity index (χ1v) is 8.61. The number of nitro benzene ring substituents is 2. The number of ether oxygens (including phenoxy) is 2. The van der Waals surface area contributed by atoms with Gasteiger partial charge in [0.15, 0.2) is 11.5 Å². The summed E-state index contributed by atoms with van der Waals surface area (Å²) in [4.78, 5) is 20.7. The summed E-state index contributed by atoms with van der Waals surface area (Å²) in [6.07, 6.45) is 1.58. The van der Waals surface area contributed by atoms with Gasteiger partial charge in [0.05, 0.1) is 34.9 Å². The number of hydrogen-bond donors (Lipinski definition) is 1. The van der Waals surface area contributed by atoms with Crippen molar-refractivity contribution in [1.29, 1.82) is 0 Å². The third-order valence-electron chi connectivity index (χ3n) is 3.94. The number of hydrazone groups is 1. The van der Waals surface area contributed by atoms with Crippen LogP contribution in [0.5, 0.6) is 17.2 Å². The molecule has 0 amide bonds. The molecule has 3 aromatic carbocycles. The lowest BCUT2D eigenvalue weighted by molar-refractivity contribution is -0.394. The number of methoxy groups -OCH3 is 1. The molecule has 0 heterocycles. The molecule has 152 valence electrons. The Balaban J connectivity index is 1.82. The van der Waals surface area contributed by atoms with Crippen LogP contribution in [0, 0.1) is 20.2 Å². The molecule has 0 aliphatic carbocycles. The first-order valence-electron chi connectivity index (χ1n) is 8.61. The lowest BCUT2D eigenvalue weighted by Crippen LogP contribution is -1.98. The van der Waals surface area contributed by atoms with E-state index in [0.717, 1.165) is 17.8 Å². The van der Waals surface area contributed by atoms with Gasteiger partial charge in [0.1, 0.15) is 0 Å². The summed E-state index contributed by atoms with van der Waals surface area (Å²) in [6.45, 7) is 0. The number of nitrogens with zero attached hydrogens (tertiary/aromatic N) is 3. The second-order valence-electron chi connectivity index (χ2n) is 5.91. The summed E-state index contributed by atoms with van der Waals surface area (Å²) < 4.78 is 10.9. The highest BCUT2D eigenvalue weighted by Crippen LogP contribution is 2.38. The minimum absolute atomic E-state index is 0.143. The van der Waals surface area contributed by atoms with E-state index in [4.69, 9.17) is 9.47 Å². The van der Waals surface area contributed by atoms with Crippen molar-refractivity contribution >= 4 is 23.3 Å². The number of benzene rings is 3. The van der Waals surface area contributed by atoms with Gasteiger partial charge in [-0.25, -0.2) is 0 Å². The summed E-state index contributed by atoms with van der Waals surface area (Å²) in [5.74, 6) is 0.380. The van der Waals surface area contributed by atoms with Gasteiger partial charge < -0.3 is 9.47 Å². The predicted octanol–water partition coefficient (Wildman–Crippen LogP) is 4.75. The van der Waals surface area contributed by atoms with Gasteiger partial charge >= 0.3 is 5.69 Å². The van der Waals surface area contributed by atoms with E-state index in [9.17, 15) is 20.2 Å². The number of nitro groups is 2. The van der Waals surface area contributed by atoms with Crippen molar-refractivity contribution in [1.82, 2.24) is 0 Å². The maximum atomic E-state index is 11.3. The second-order valence-corrected chi connectivity index (χ2v) is 5.91. The predicted molar refractivity (Wildman–Crippen MR) is 110 cm³/mol. The number of hydrogen-bond acceptors (Lipinski definition) is 8. The van der Waals surface area contributed by atoms with Crippen LogP contribution in [0.2, 0.25) is 0 Å². The van der Waals surface area contributed by atoms with Gasteiger partial charge in [-0.3, -0.25) is 25.7 Å². The van der Waals surface area contributed by atoms with Crippen molar-refractivity contribution in [3.63, 3.8) is 0 Å².